The molecule has 1 aliphatic heterocycles. The zero-order valence-corrected chi connectivity index (χ0v) is 26.4. The van der Waals surface area contributed by atoms with Gasteiger partial charge in [-0.05, 0) is 61.3 Å². The second-order valence-electron chi connectivity index (χ2n) is 11.4. The number of ether oxygens (including phenoxy) is 1. The number of carbonyl (C=O) groups is 2. The van der Waals surface area contributed by atoms with Crippen molar-refractivity contribution in [2.24, 2.45) is 5.92 Å². The molecule has 3 amide bonds. The van der Waals surface area contributed by atoms with Gasteiger partial charge in [0.2, 0.25) is 0 Å². The van der Waals surface area contributed by atoms with Crippen molar-refractivity contribution in [3.05, 3.63) is 100 Å². The predicted octanol–water partition coefficient (Wildman–Crippen LogP) is 7.14. The summed E-state index contributed by atoms with van der Waals surface area (Å²) in [5, 5.41) is 18.7. The molecular formula is C34H36Cl2N4O4. The first-order valence-corrected chi connectivity index (χ1v) is 15.3. The highest BCUT2D eigenvalue weighted by atomic mass is 35.5. The topological polar surface area (TPSA) is 94.1 Å². The number of hydrogen-bond acceptors (Lipinski definition) is 5. The summed E-state index contributed by atoms with van der Waals surface area (Å²) in [5.41, 5.74) is 2.45. The molecule has 0 spiro atoms. The molecule has 0 fully saturated rings. The quantitative estimate of drug-likeness (QED) is 0.191. The molecule has 5 rings (SSSR count). The summed E-state index contributed by atoms with van der Waals surface area (Å²) in [4.78, 5) is 30.6. The molecule has 0 aromatic heterocycles. The molecule has 3 atom stereocenters. The second kappa shape index (κ2) is 13.9. The molecule has 0 saturated heterocycles. The highest BCUT2D eigenvalue weighted by Gasteiger charge is 2.33. The van der Waals surface area contributed by atoms with Crippen LogP contribution in [0, 0.1) is 5.92 Å². The maximum Gasteiger partial charge on any atom is 0.323 e. The first kappa shape index (κ1) is 31.6. The molecule has 230 valence electrons. The Bertz CT molecular complexity index is 1660. The number of rotatable bonds is 8. The van der Waals surface area contributed by atoms with Gasteiger partial charge in [-0.3, -0.25) is 9.69 Å². The highest BCUT2D eigenvalue weighted by molar-refractivity contribution is 6.42. The van der Waals surface area contributed by atoms with E-state index in [9.17, 15) is 14.7 Å². The van der Waals surface area contributed by atoms with Gasteiger partial charge in [0, 0.05) is 36.6 Å². The Morgan fingerprint density at radius 2 is 1.82 bits per heavy atom. The average Bonchev–Trinajstić information content (AvgIpc) is 3.01. The van der Waals surface area contributed by atoms with Gasteiger partial charge in [-0.1, -0.05) is 72.6 Å². The van der Waals surface area contributed by atoms with Crippen LogP contribution >= 0.6 is 23.2 Å². The van der Waals surface area contributed by atoms with Crippen LogP contribution in [0.25, 0.3) is 10.8 Å². The number of aliphatic hydroxyl groups is 1. The van der Waals surface area contributed by atoms with Crippen LogP contribution in [0.5, 0.6) is 5.75 Å². The number of anilines is 2. The summed E-state index contributed by atoms with van der Waals surface area (Å²) < 4.78 is 6.51. The van der Waals surface area contributed by atoms with Crippen molar-refractivity contribution in [3.63, 3.8) is 0 Å². The Labute approximate surface area is 267 Å². The van der Waals surface area contributed by atoms with E-state index in [1.807, 2.05) is 75.5 Å². The van der Waals surface area contributed by atoms with Crippen LogP contribution in [0.4, 0.5) is 16.2 Å². The van der Waals surface area contributed by atoms with E-state index < -0.39 is 12.1 Å². The SMILES string of the molecule is C[C@@H]1CN([C@H](C)CO)C(=O)c2cc(NC(=O)Nc3cccc4ccccc34)ccc2O[C@H]1CN(C)Cc1ccc(Cl)c(Cl)c1. The minimum atomic E-state index is -0.434. The number of hydrogen-bond donors (Lipinski definition) is 3. The normalized spacial score (nSPS) is 17.4. The molecule has 4 aromatic carbocycles. The smallest absolute Gasteiger partial charge is 0.323 e. The van der Waals surface area contributed by atoms with Gasteiger partial charge in [0.05, 0.1) is 33.9 Å². The zero-order chi connectivity index (χ0) is 31.4. The third-order valence-electron chi connectivity index (χ3n) is 7.89. The lowest BCUT2D eigenvalue weighted by molar-refractivity contribution is 0.0341. The number of fused-ring (bicyclic) bond motifs is 2. The molecule has 0 aliphatic carbocycles. The minimum absolute atomic E-state index is 0.0402. The summed E-state index contributed by atoms with van der Waals surface area (Å²) in [6, 6.07) is 23.3. The monoisotopic (exact) mass is 634 g/mol. The molecule has 8 nitrogen and oxygen atoms in total. The van der Waals surface area contributed by atoms with Crippen molar-refractivity contribution in [2.45, 2.75) is 32.5 Å². The van der Waals surface area contributed by atoms with Gasteiger partial charge in [-0.2, -0.15) is 0 Å². The van der Waals surface area contributed by atoms with E-state index in [2.05, 4.69) is 15.5 Å². The number of amides is 3. The van der Waals surface area contributed by atoms with E-state index in [1.165, 1.54) is 0 Å². The van der Waals surface area contributed by atoms with Crippen molar-refractivity contribution in [1.82, 2.24) is 9.80 Å². The van der Waals surface area contributed by atoms with Crippen LogP contribution in [0.1, 0.15) is 29.8 Å². The van der Waals surface area contributed by atoms with E-state index >= 15 is 0 Å². The molecule has 4 aromatic rings. The number of aliphatic hydroxyl groups excluding tert-OH is 1. The first-order chi connectivity index (χ1) is 21.1. The molecule has 0 saturated carbocycles. The van der Waals surface area contributed by atoms with E-state index in [0.717, 1.165) is 16.3 Å². The van der Waals surface area contributed by atoms with Crippen molar-refractivity contribution >= 4 is 57.3 Å². The van der Waals surface area contributed by atoms with Crippen LogP contribution in [-0.4, -0.2) is 65.7 Å². The predicted molar refractivity (Wildman–Crippen MR) is 177 cm³/mol. The van der Waals surface area contributed by atoms with Crippen LogP contribution in [0.2, 0.25) is 10.0 Å². The second-order valence-corrected chi connectivity index (χ2v) is 12.2. The molecule has 1 aliphatic rings. The van der Waals surface area contributed by atoms with Gasteiger partial charge in [0.15, 0.2) is 0 Å². The maximum atomic E-state index is 13.8. The lowest BCUT2D eigenvalue weighted by Crippen LogP contribution is -2.49. The zero-order valence-electron chi connectivity index (χ0n) is 24.9. The van der Waals surface area contributed by atoms with Crippen LogP contribution in [0.3, 0.4) is 0 Å². The van der Waals surface area contributed by atoms with Crippen molar-refractivity contribution in [3.8, 4) is 5.75 Å². The van der Waals surface area contributed by atoms with Crippen LogP contribution in [0.15, 0.2) is 78.9 Å². The van der Waals surface area contributed by atoms with Gasteiger partial charge in [-0.25, -0.2) is 4.79 Å². The Balaban J connectivity index is 1.37. The van der Waals surface area contributed by atoms with Crippen molar-refractivity contribution < 1.29 is 19.4 Å². The Hall–Kier alpha value is -3.82. The molecular weight excluding hydrogens is 599 g/mol. The molecule has 0 bridgehead atoms. The molecule has 0 unspecified atom stereocenters. The summed E-state index contributed by atoms with van der Waals surface area (Å²) in [5.74, 6) is 0.111. The minimum Gasteiger partial charge on any atom is -0.488 e. The van der Waals surface area contributed by atoms with Gasteiger partial charge in [0.1, 0.15) is 11.9 Å². The van der Waals surface area contributed by atoms with Crippen molar-refractivity contribution in [2.75, 3.05) is 37.4 Å². The lowest BCUT2D eigenvalue weighted by Gasteiger charge is -2.38. The third kappa shape index (κ3) is 7.27. The summed E-state index contributed by atoms with van der Waals surface area (Å²) >= 11 is 12.3. The number of urea groups is 1. The Morgan fingerprint density at radius 3 is 2.59 bits per heavy atom. The third-order valence-corrected chi connectivity index (χ3v) is 8.63. The summed E-state index contributed by atoms with van der Waals surface area (Å²) in [7, 11) is 2.00. The number of likely N-dealkylation sites (N-methyl/N-ethyl adjacent to an activating group) is 1. The number of halogens is 2. The first-order valence-electron chi connectivity index (χ1n) is 14.5. The lowest BCUT2D eigenvalue weighted by atomic mass is 9.99. The molecule has 10 heteroatoms. The van der Waals surface area contributed by atoms with E-state index in [-0.39, 0.29) is 24.5 Å². The Morgan fingerprint density at radius 1 is 1.05 bits per heavy atom. The van der Waals surface area contributed by atoms with Gasteiger partial charge >= 0.3 is 6.03 Å². The average molecular weight is 636 g/mol. The van der Waals surface area contributed by atoms with Gasteiger partial charge < -0.3 is 25.4 Å². The number of nitrogens with zero attached hydrogens (tertiary/aromatic N) is 2. The van der Waals surface area contributed by atoms with E-state index in [1.54, 1.807) is 29.2 Å². The number of benzene rings is 4. The summed E-state index contributed by atoms with van der Waals surface area (Å²) in [6.07, 6.45) is -0.267. The van der Waals surface area contributed by atoms with Crippen LogP contribution in [-0.2, 0) is 6.54 Å². The molecule has 0 radical (unpaired) electrons. The highest BCUT2D eigenvalue weighted by Crippen LogP contribution is 2.31. The van der Waals surface area contributed by atoms with E-state index in [4.69, 9.17) is 27.9 Å². The fourth-order valence-electron chi connectivity index (χ4n) is 5.46. The van der Waals surface area contributed by atoms with Gasteiger partial charge in [-0.15, -0.1) is 0 Å². The van der Waals surface area contributed by atoms with Crippen molar-refractivity contribution in [1.29, 1.82) is 0 Å². The molecule has 3 N–H and O–H groups in total. The molecule has 44 heavy (non-hydrogen) atoms. The fourth-order valence-corrected chi connectivity index (χ4v) is 5.78. The largest absolute Gasteiger partial charge is 0.488 e. The summed E-state index contributed by atoms with van der Waals surface area (Å²) in [6.45, 7) is 5.27. The standard InChI is InChI=1S/C34H36Cl2N4O4/c1-21-17-40(22(2)20-41)33(42)27-16-25(37-34(43)38-30-10-6-8-24-7-4-5-9-26(24)30)12-14-31(27)44-32(21)19-39(3)18-23-11-13-28(35)29(36)15-23/h4-16,21-22,32,41H,17-20H2,1-3H3,(H2,37,38,43)/t21-,22-,32+/m1/s1. The Kier molecular flexibility index (Phi) is 9.96. The maximum absolute atomic E-state index is 13.8. The molecule has 1 heterocycles. The van der Waals surface area contributed by atoms with Crippen LogP contribution < -0.4 is 15.4 Å². The fraction of sp³-hybridized carbons (Fsp3) is 0.294. The van der Waals surface area contributed by atoms with Gasteiger partial charge in [0.25, 0.3) is 5.91 Å². The van der Waals surface area contributed by atoms with E-state index in [0.29, 0.717) is 52.4 Å². The number of nitrogens with one attached hydrogen (secondary N) is 2. The number of carbonyl (C=O) groups excluding carboxylic acids is 2.